The lowest BCUT2D eigenvalue weighted by Gasteiger charge is -2.13. The van der Waals surface area contributed by atoms with Crippen molar-refractivity contribution >= 4 is 0 Å². The summed E-state index contributed by atoms with van der Waals surface area (Å²) in [5.74, 6) is 0.860. The van der Waals surface area contributed by atoms with Crippen molar-refractivity contribution in [2.75, 3.05) is 6.61 Å². The van der Waals surface area contributed by atoms with E-state index >= 15 is 0 Å². The highest BCUT2D eigenvalue weighted by Crippen LogP contribution is 2.48. The molecule has 17 heavy (non-hydrogen) atoms. The number of hydrogen-bond donors (Lipinski definition) is 1. The van der Waals surface area contributed by atoms with Gasteiger partial charge in [-0.1, -0.05) is 12.1 Å². The Balaban J connectivity index is 1.90. The Morgan fingerprint density at radius 3 is 2.53 bits per heavy atom. The van der Waals surface area contributed by atoms with Crippen LogP contribution in [0, 0.1) is 16.7 Å². The quantitative estimate of drug-likeness (QED) is 0.846. The van der Waals surface area contributed by atoms with Crippen molar-refractivity contribution in [2.45, 2.75) is 32.2 Å². The van der Waals surface area contributed by atoms with Gasteiger partial charge in [-0.3, -0.25) is 0 Å². The van der Waals surface area contributed by atoms with Gasteiger partial charge in [-0.05, 0) is 37.5 Å². The van der Waals surface area contributed by atoms with Crippen LogP contribution in [0.3, 0.4) is 0 Å². The molecular weight excluding hydrogens is 212 g/mol. The number of hydrogen-bond acceptors (Lipinski definition) is 3. The fourth-order valence-corrected chi connectivity index (χ4v) is 1.82. The molecule has 0 spiro atoms. The Morgan fingerprint density at radius 2 is 2.06 bits per heavy atom. The molecule has 1 unspecified atom stereocenters. The summed E-state index contributed by atoms with van der Waals surface area (Å²) in [6.07, 6.45) is 2.82. The van der Waals surface area contributed by atoms with Crippen molar-refractivity contribution in [1.82, 2.24) is 0 Å². The molecule has 1 aromatic carbocycles. The first kappa shape index (κ1) is 11.9. The van der Waals surface area contributed by atoms with E-state index in [1.54, 1.807) is 0 Å². The van der Waals surface area contributed by atoms with Crippen molar-refractivity contribution in [3.05, 3.63) is 29.8 Å². The summed E-state index contributed by atoms with van der Waals surface area (Å²) in [5, 5.41) is 8.72. The molecule has 1 aliphatic carbocycles. The van der Waals surface area contributed by atoms with Crippen LogP contribution in [-0.4, -0.2) is 6.61 Å². The molecule has 0 saturated heterocycles. The molecule has 0 amide bonds. The number of ether oxygens (including phenoxy) is 1. The Morgan fingerprint density at radius 1 is 1.41 bits per heavy atom. The van der Waals surface area contributed by atoms with Crippen LogP contribution in [0.4, 0.5) is 0 Å². The van der Waals surface area contributed by atoms with Crippen LogP contribution in [0.15, 0.2) is 24.3 Å². The first-order valence-electron chi connectivity index (χ1n) is 6.00. The molecule has 0 bridgehead atoms. The van der Waals surface area contributed by atoms with Crippen LogP contribution in [0.1, 0.15) is 37.8 Å². The molecule has 0 radical (unpaired) electrons. The van der Waals surface area contributed by atoms with Gasteiger partial charge in [0.1, 0.15) is 5.75 Å². The summed E-state index contributed by atoms with van der Waals surface area (Å²) in [6.45, 7) is 2.61. The van der Waals surface area contributed by atoms with Gasteiger partial charge < -0.3 is 10.5 Å². The van der Waals surface area contributed by atoms with E-state index in [0.717, 1.165) is 24.2 Å². The average Bonchev–Trinajstić information content (AvgIpc) is 3.08. The van der Waals surface area contributed by atoms with E-state index in [2.05, 4.69) is 6.07 Å². The molecule has 1 aliphatic rings. The molecule has 2 N–H and O–H groups in total. The third-order valence-corrected chi connectivity index (χ3v) is 3.36. The zero-order valence-corrected chi connectivity index (χ0v) is 10.1. The van der Waals surface area contributed by atoms with Gasteiger partial charge >= 0.3 is 0 Å². The predicted octanol–water partition coefficient (Wildman–Crippen LogP) is 2.78. The number of benzene rings is 1. The van der Waals surface area contributed by atoms with Crippen molar-refractivity contribution in [3.63, 3.8) is 0 Å². The molecule has 90 valence electrons. The van der Waals surface area contributed by atoms with Crippen molar-refractivity contribution in [2.24, 2.45) is 11.1 Å². The largest absolute Gasteiger partial charge is 0.493 e. The SMILES string of the molecule is CC(N)c1ccc(OCC2(CC#N)CC2)cc1. The zero-order chi connectivity index (χ0) is 12.3. The zero-order valence-electron chi connectivity index (χ0n) is 10.1. The van der Waals surface area contributed by atoms with Crippen LogP contribution in [0.2, 0.25) is 0 Å². The lowest BCUT2D eigenvalue weighted by atomic mass is 10.1. The van der Waals surface area contributed by atoms with Crippen LogP contribution in [0.5, 0.6) is 5.75 Å². The molecule has 3 heteroatoms. The average molecular weight is 230 g/mol. The second-order valence-corrected chi connectivity index (χ2v) is 4.98. The van der Waals surface area contributed by atoms with E-state index < -0.39 is 0 Å². The van der Waals surface area contributed by atoms with Gasteiger partial charge in [0, 0.05) is 17.9 Å². The van der Waals surface area contributed by atoms with E-state index in [9.17, 15) is 0 Å². The Bertz CT molecular complexity index is 413. The van der Waals surface area contributed by atoms with Gasteiger partial charge in [0.15, 0.2) is 0 Å². The first-order valence-corrected chi connectivity index (χ1v) is 6.00. The number of nitrogens with zero attached hydrogens (tertiary/aromatic N) is 1. The maximum absolute atomic E-state index is 8.72. The van der Waals surface area contributed by atoms with E-state index in [-0.39, 0.29) is 11.5 Å². The van der Waals surface area contributed by atoms with E-state index in [4.69, 9.17) is 15.7 Å². The lowest BCUT2D eigenvalue weighted by molar-refractivity contribution is 0.237. The topological polar surface area (TPSA) is 59.0 Å². The lowest BCUT2D eigenvalue weighted by Crippen LogP contribution is -2.12. The number of nitriles is 1. The van der Waals surface area contributed by atoms with Crippen molar-refractivity contribution in [1.29, 1.82) is 5.26 Å². The molecule has 0 aliphatic heterocycles. The molecule has 1 saturated carbocycles. The number of rotatable bonds is 5. The molecular formula is C14H18N2O. The minimum absolute atomic E-state index is 0.0532. The first-order chi connectivity index (χ1) is 8.15. The highest BCUT2D eigenvalue weighted by atomic mass is 16.5. The van der Waals surface area contributed by atoms with Gasteiger partial charge in [-0.2, -0.15) is 5.26 Å². The Hall–Kier alpha value is -1.53. The summed E-state index contributed by atoms with van der Waals surface area (Å²) in [4.78, 5) is 0. The second kappa shape index (κ2) is 4.77. The Labute approximate surface area is 102 Å². The Kier molecular flexibility index (Phi) is 3.35. The van der Waals surface area contributed by atoms with E-state index in [1.807, 2.05) is 31.2 Å². The molecule has 1 atom stereocenters. The number of nitrogens with two attached hydrogens (primary N) is 1. The molecule has 0 heterocycles. The highest BCUT2D eigenvalue weighted by molar-refractivity contribution is 5.28. The summed E-state index contributed by atoms with van der Waals surface area (Å²) in [6, 6.07) is 10.2. The molecule has 3 nitrogen and oxygen atoms in total. The van der Waals surface area contributed by atoms with E-state index in [0.29, 0.717) is 13.0 Å². The molecule has 1 aromatic rings. The smallest absolute Gasteiger partial charge is 0.119 e. The normalized spacial score (nSPS) is 18.2. The predicted molar refractivity (Wildman–Crippen MR) is 66.4 cm³/mol. The van der Waals surface area contributed by atoms with Crippen LogP contribution in [0.25, 0.3) is 0 Å². The van der Waals surface area contributed by atoms with Gasteiger partial charge in [-0.15, -0.1) is 0 Å². The molecule has 1 fully saturated rings. The second-order valence-electron chi connectivity index (χ2n) is 4.98. The van der Waals surface area contributed by atoms with Crippen LogP contribution < -0.4 is 10.5 Å². The van der Waals surface area contributed by atoms with Crippen molar-refractivity contribution < 1.29 is 4.74 Å². The van der Waals surface area contributed by atoms with Gasteiger partial charge in [0.25, 0.3) is 0 Å². The fraction of sp³-hybridized carbons (Fsp3) is 0.500. The van der Waals surface area contributed by atoms with Crippen LogP contribution in [-0.2, 0) is 0 Å². The van der Waals surface area contributed by atoms with Crippen molar-refractivity contribution in [3.8, 4) is 11.8 Å². The maximum atomic E-state index is 8.72. The monoisotopic (exact) mass is 230 g/mol. The maximum Gasteiger partial charge on any atom is 0.119 e. The summed E-state index contributed by atoms with van der Waals surface area (Å²) in [5.41, 5.74) is 7.02. The minimum Gasteiger partial charge on any atom is -0.493 e. The summed E-state index contributed by atoms with van der Waals surface area (Å²) >= 11 is 0. The van der Waals surface area contributed by atoms with Gasteiger partial charge in [0.2, 0.25) is 0 Å². The highest BCUT2D eigenvalue weighted by Gasteiger charge is 2.43. The third kappa shape index (κ3) is 2.98. The standard InChI is InChI=1S/C14H18N2O/c1-11(16)12-2-4-13(5-3-12)17-10-14(6-7-14)8-9-15/h2-5,11H,6-8,10,16H2,1H3. The van der Waals surface area contributed by atoms with Gasteiger partial charge in [0.05, 0.1) is 12.7 Å². The summed E-state index contributed by atoms with van der Waals surface area (Å²) in [7, 11) is 0. The third-order valence-electron chi connectivity index (χ3n) is 3.36. The molecule has 2 rings (SSSR count). The van der Waals surface area contributed by atoms with Gasteiger partial charge in [-0.25, -0.2) is 0 Å². The molecule has 0 aromatic heterocycles. The fourth-order valence-electron chi connectivity index (χ4n) is 1.82. The summed E-state index contributed by atoms with van der Waals surface area (Å²) < 4.78 is 5.73. The minimum atomic E-state index is 0.0532. The van der Waals surface area contributed by atoms with Crippen LogP contribution >= 0.6 is 0 Å². The van der Waals surface area contributed by atoms with E-state index in [1.165, 1.54) is 0 Å².